The van der Waals surface area contributed by atoms with E-state index in [4.69, 9.17) is 5.84 Å². The molecule has 0 spiro atoms. The van der Waals surface area contributed by atoms with Crippen LogP contribution >= 0.6 is 27.3 Å². The van der Waals surface area contributed by atoms with Gasteiger partial charge in [-0.25, -0.2) is 4.98 Å². The van der Waals surface area contributed by atoms with Crippen LogP contribution in [0.5, 0.6) is 0 Å². The number of hydrogen-bond acceptors (Lipinski definition) is 4. The number of anilines is 1. The number of rotatable bonds is 1. The molecule has 0 saturated heterocycles. The molecular formula is C7H6BrN3S. The number of nitrogens with zero attached hydrogens (tertiary/aromatic N) is 1. The molecule has 3 N–H and O–H groups in total. The van der Waals surface area contributed by atoms with Gasteiger partial charge in [0.05, 0.1) is 10.4 Å². The van der Waals surface area contributed by atoms with Crippen LogP contribution in [-0.2, 0) is 0 Å². The van der Waals surface area contributed by atoms with E-state index in [0.717, 1.165) is 19.8 Å². The van der Waals surface area contributed by atoms with Gasteiger partial charge in [-0.3, -0.25) is 5.84 Å². The zero-order valence-electron chi connectivity index (χ0n) is 6.04. The number of hydrazine groups is 1. The van der Waals surface area contributed by atoms with Crippen molar-refractivity contribution < 1.29 is 0 Å². The largest absolute Gasteiger partial charge is 0.322 e. The molecule has 0 aliphatic carbocycles. The summed E-state index contributed by atoms with van der Waals surface area (Å²) in [5.41, 5.74) is 4.38. The minimum atomic E-state index is 0.856. The topological polar surface area (TPSA) is 50.9 Å². The number of aromatic nitrogens is 1. The molecule has 0 fully saturated rings. The van der Waals surface area contributed by atoms with Crippen LogP contribution in [0.3, 0.4) is 0 Å². The number of nitrogen functional groups attached to an aromatic ring is 1. The lowest BCUT2D eigenvalue weighted by atomic mass is 10.3. The average molecular weight is 244 g/mol. The summed E-state index contributed by atoms with van der Waals surface area (Å²) >= 11 is 4.92. The Morgan fingerprint density at radius 3 is 3.08 bits per heavy atom. The Morgan fingerprint density at radius 2 is 2.33 bits per heavy atom. The normalized spacial score (nSPS) is 10.5. The van der Waals surface area contributed by atoms with E-state index in [0.29, 0.717) is 0 Å². The monoisotopic (exact) mass is 243 g/mol. The molecule has 12 heavy (non-hydrogen) atoms. The van der Waals surface area contributed by atoms with E-state index in [9.17, 15) is 0 Å². The second-order valence-corrected chi connectivity index (χ2v) is 4.57. The number of halogens is 1. The van der Waals surface area contributed by atoms with Crippen molar-refractivity contribution in [2.45, 2.75) is 0 Å². The number of hydrogen-bond donors (Lipinski definition) is 2. The molecule has 0 amide bonds. The van der Waals surface area contributed by atoms with E-state index in [1.165, 1.54) is 0 Å². The maximum Gasteiger partial charge on any atom is 0.160 e. The fraction of sp³-hybridized carbons (Fsp3) is 0. The first-order valence-electron chi connectivity index (χ1n) is 3.33. The van der Waals surface area contributed by atoms with Gasteiger partial charge < -0.3 is 5.43 Å². The number of benzene rings is 1. The Kier molecular flexibility index (Phi) is 2.00. The van der Waals surface area contributed by atoms with Crippen molar-refractivity contribution in [1.82, 2.24) is 4.98 Å². The van der Waals surface area contributed by atoms with Gasteiger partial charge in [0.25, 0.3) is 0 Å². The molecule has 0 bridgehead atoms. The van der Waals surface area contributed by atoms with E-state index >= 15 is 0 Å². The lowest BCUT2D eigenvalue weighted by molar-refractivity contribution is 1.34. The first-order valence-corrected chi connectivity index (χ1v) is 4.94. The molecule has 2 rings (SSSR count). The Balaban J connectivity index is 2.78. The lowest BCUT2D eigenvalue weighted by Crippen LogP contribution is -2.06. The Morgan fingerprint density at radius 1 is 1.50 bits per heavy atom. The molecule has 0 aliphatic heterocycles. The number of para-hydroxylation sites is 1. The van der Waals surface area contributed by atoms with Crippen molar-refractivity contribution in [2.75, 3.05) is 5.43 Å². The maximum atomic E-state index is 5.32. The third-order valence-electron chi connectivity index (χ3n) is 1.55. The van der Waals surface area contributed by atoms with E-state index in [1.54, 1.807) is 11.3 Å². The summed E-state index contributed by atoms with van der Waals surface area (Å²) < 4.78 is 2.00. The summed E-state index contributed by atoms with van der Waals surface area (Å²) in [6.07, 6.45) is 0. The van der Waals surface area contributed by atoms with Crippen LogP contribution in [0.1, 0.15) is 0 Å². The van der Waals surface area contributed by atoms with Crippen molar-refractivity contribution in [2.24, 2.45) is 5.84 Å². The third kappa shape index (κ3) is 1.20. The van der Waals surface area contributed by atoms with Gasteiger partial charge in [0.15, 0.2) is 3.92 Å². The number of nitrogens with one attached hydrogen (secondary N) is 1. The van der Waals surface area contributed by atoms with Gasteiger partial charge >= 0.3 is 0 Å². The highest BCUT2D eigenvalue weighted by Gasteiger charge is 2.04. The summed E-state index contributed by atoms with van der Waals surface area (Å²) in [4.78, 5) is 4.28. The smallest absolute Gasteiger partial charge is 0.160 e. The molecule has 0 saturated carbocycles. The molecule has 0 unspecified atom stereocenters. The van der Waals surface area contributed by atoms with E-state index in [1.807, 2.05) is 18.2 Å². The average Bonchev–Trinajstić information content (AvgIpc) is 2.44. The van der Waals surface area contributed by atoms with Crippen LogP contribution in [-0.4, -0.2) is 4.98 Å². The quantitative estimate of drug-likeness (QED) is 0.598. The molecular weight excluding hydrogens is 238 g/mol. The highest BCUT2D eigenvalue weighted by Crippen LogP contribution is 2.30. The highest BCUT2D eigenvalue weighted by atomic mass is 79.9. The van der Waals surface area contributed by atoms with Gasteiger partial charge in [0, 0.05) is 0 Å². The summed E-state index contributed by atoms with van der Waals surface area (Å²) in [6, 6.07) is 5.86. The predicted molar refractivity (Wildman–Crippen MR) is 55.1 cm³/mol. The highest BCUT2D eigenvalue weighted by molar-refractivity contribution is 9.11. The molecule has 3 nitrogen and oxygen atoms in total. The first-order chi connectivity index (χ1) is 5.81. The second-order valence-electron chi connectivity index (χ2n) is 2.26. The molecule has 5 heteroatoms. The van der Waals surface area contributed by atoms with Crippen molar-refractivity contribution >= 4 is 43.2 Å². The van der Waals surface area contributed by atoms with Crippen molar-refractivity contribution in [3.05, 3.63) is 22.1 Å². The van der Waals surface area contributed by atoms with Crippen LogP contribution in [0.2, 0.25) is 0 Å². The van der Waals surface area contributed by atoms with E-state index < -0.39 is 0 Å². The molecule has 62 valence electrons. The summed E-state index contributed by atoms with van der Waals surface area (Å²) in [6.45, 7) is 0. The standard InChI is InChI=1S/C7H6BrN3S/c8-7-10-6-4(11-9)2-1-3-5(6)12-7/h1-3,11H,9H2. The van der Waals surface area contributed by atoms with Crippen LogP contribution in [0.4, 0.5) is 5.69 Å². The Bertz CT molecular complexity index is 412. The molecule has 0 aliphatic rings. The van der Waals surface area contributed by atoms with Gasteiger partial charge in [-0.1, -0.05) is 6.07 Å². The van der Waals surface area contributed by atoms with Crippen molar-refractivity contribution in [3.8, 4) is 0 Å². The van der Waals surface area contributed by atoms with Gasteiger partial charge in [0.2, 0.25) is 0 Å². The molecule has 0 atom stereocenters. The molecule has 0 radical (unpaired) electrons. The SMILES string of the molecule is NNc1cccc2sc(Br)nc12. The summed E-state index contributed by atoms with van der Waals surface area (Å²) in [5, 5.41) is 0. The molecule has 1 heterocycles. The minimum Gasteiger partial charge on any atom is -0.322 e. The predicted octanol–water partition coefficient (Wildman–Crippen LogP) is 2.34. The molecule has 2 aromatic rings. The van der Waals surface area contributed by atoms with Crippen LogP contribution in [0, 0.1) is 0 Å². The molecule has 1 aromatic carbocycles. The maximum absolute atomic E-state index is 5.32. The second kappa shape index (κ2) is 3.01. The van der Waals surface area contributed by atoms with E-state index in [-0.39, 0.29) is 0 Å². The Hall–Kier alpha value is -0.650. The van der Waals surface area contributed by atoms with Gasteiger partial charge in [0.1, 0.15) is 5.52 Å². The minimum absolute atomic E-state index is 0.856. The van der Waals surface area contributed by atoms with Gasteiger partial charge in [-0.05, 0) is 28.1 Å². The zero-order chi connectivity index (χ0) is 8.55. The number of thiazole rings is 1. The van der Waals surface area contributed by atoms with Crippen LogP contribution < -0.4 is 11.3 Å². The lowest BCUT2D eigenvalue weighted by Gasteiger charge is -1.98. The number of nitrogens with two attached hydrogens (primary N) is 1. The fourth-order valence-corrected chi connectivity index (χ4v) is 2.46. The zero-order valence-corrected chi connectivity index (χ0v) is 8.45. The van der Waals surface area contributed by atoms with Crippen molar-refractivity contribution in [1.29, 1.82) is 0 Å². The first kappa shape index (κ1) is 7.97. The van der Waals surface area contributed by atoms with Crippen LogP contribution in [0.25, 0.3) is 10.2 Å². The Labute approximate surface area is 81.7 Å². The fourth-order valence-electron chi connectivity index (χ4n) is 1.04. The molecule has 1 aromatic heterocycles. The van der Waals surface area contributed by atoms with Crippen LogP contribution in [0.15, 0.2) is 22.1 Å². The van der Waals surface area contributed by atoms with E-state index in [2.05, 4.69) is 26.3 Å². The summed E-state index contributed by atoms with van der Waals surface area (Å²) in [7, 11) is 0. The van der Waals surface area contributed by atoms with Gasteiger partial charge in [-0.15, -0.1) is 11.3 Å². The van der Waals surface area contributed by atoms with Gasteiger partial charge in [-0.2, -0.15) is 0 Å². The third-order valence-corrected chi connectivity index (χ3v) is 3.02. The van der Waals surface area contributed by atoms with Crippen molar-refractivity contribution in [3.63, 3.8) is 0 Å². The number of fused-ring (bicyclic) bond motifs is 1. The summed E-state index contributed by atoms with van der Waals surface area (Å²) in [5.74, 6) is 5.32.